The molecule has 72 heavy (non-hydrogen) atoms. The minimum Gasteiger partial charge on any atom is -0.389 e. The van der Waals surface area contributed by atoms with Gasteiger partial charge in [-0.2, -0.15) is 45.3 Å². The van der Waals surface area contributed by atoms with E-state index in [0.717, 1.165) is 36.6 Å². The fourth-order valence-corrected chi connectivity index (χ4v) is 9.51. The molecule has 28 heteroatoms. The summed E-state index contributed by atoms with van der Waals surface area (Å²) in [5, 5.41) is 20.9. The molecule has 3 atom stereocenters. The lowest BCUT2D eigenvalue weighted by molar-refractivity contribution is -0.142. The molecule has 388 valence electrons. The number of benzene rings is 2. The third-order valence-corrected chi connectivity index (χ3v) is 15.0. The monoisotopic (exact) mass is 1080 g/mol. The number of sulfonamides is 1. The fourth-order valence-electron chi connectivity index (χ4n) is 8.07. The molecule has 3 aromatic heterocycles. The maximum atomic E-state index is 15.6. The van der Waals surface area contributed by atoms with Crippen LogP contribution in [0, 0.1) is 29.4 Å². The Balaban J connectivity index is 1.42. The van der Waals surface area contributed by atoms with Crippen molar-refractivity contribution in [3.05, 3.63) is 93.0 Å². The smallest absolute Gasteiger partial charge is 0.389 e. The lowest BCUT2D eigenvalue weighted by Crippen LogP contribution is -2.41. The minimum atomic E-state index is -5.22. The normalized spacial score (nSPS) is 17.2. The van der Waals surface area contributed by atoms with Gasteiger partial charge in [0.1, 0.15) is 46.6 Å². The average molecular weight is 1080 g/mol. The molecule has 2 amide bonds. The number of hydrogen-bond acceptors (Lipinski definition) is 10. The van der Waals surface area contributed by atoms with Crippen molar-refractivity contribution in [2.24, 2.45) is 5.92 Å². The van der Waals surface area contributed by atoms with E-state index in [1.54, 1.807) is 0 Å². The second-order valence-electron chi connectivity index (χ2n) is 18.5. The van der Waals surface area contributed by atoms with Crippen molar-refractivity contribution in [1.29, 1.82) is 0 Å². The summed E-state index contributed by atoms with van der Waals surface area (Å²) in [4.78, 5) is 31.2. The van der Waals surface area contributed by atoms with Crippen molar-refractivity contribution < 1.29 is 75.4 Å². The van der Waals surface area contributed by atoms with Crippen LogP contribution < -0.4 is 15.4 Å². The van der Waals surface area contributed by atoms with Gasteiger partial charge in [0.05, 0.1) is 33.3 Å². The first kappa shape index (κ1) is 53.8. The molecule has 1 saturated carbocycles. The highest BCUT2D eigenvalue weighted by atomic mass is 35.5. The van der Waals surface area contributed by atoms with Crippen LogP contribution in [0.25, 0.3) is 22.0 Å². The van der Waals surface area contributed by atoms with Crippen LogP contribution in [0.1, 0.15) is 80.0 Å². The molecule has 2 aliphatic rings. The largest absolute Gasteiger partial charge is 0.435 e. The Morgan fingerprint density at radius 3 is 2.17 bits per heavy atom. The number of rotatable bonds is 15. The zero-order valence-electron chi connectivity index (χ0n) is 38.1. The number of pyridine rings is 1. The Morgan fingerprint density at radius 1 is 0.931 bits per heavy atom. The van der Waals surface area contributed by atoms with Gasteiger partial charge in [0.25, 0.3) is 5.92 Å². The SMILES string of the molecule is CC(C)(O)CNC(=O)CS(=O)(=O)Nc1nn(CC(F)(F)F)c2c(-c3ccc(C#CC(C)(C)S(C)(=O)=O)nc3[C@H](Cc3cc(F)cc(F)c3)NC(=O)Cn3nc(C(F)(F)F)c4c3C(F)(F)[C@@H]3C[C@H]43)ccc(Cl)c12. The van der Waals surface area contributed by atoms with Crippen molar-refractivity contribution in [3.63, 3.8) is 0 Å². The van der Waals surface area contributed by atoms with E-state index >= 15 is 8.78 Å². The van der Waals surface area contributed by atoms with Crippen LogP contribution in [0.4, 0.5) is 49.7 Å². The van der Waals surface area contributed by atoms with Gasteiger partial charge in [0.15, 0.2) is 21.3 Å². The predicted octanol–water partition coefficient (Wildman–Crippen LogP) is 6.92. The van der Waals surface area contributed by atoms with Crippen molar-refractivity contribution in [2.45, 2.75) is 94.2 Å². The third-order valence-electron chi connectivity index (χ3n) is 11.6. The van der Waals surface area contributed by atoms with Crippen LogP contribution in [-0.2, 0) is 61.1 Å². The molecule has 0 aliphatic heterocycles. The van der Waals surface area contributed by atoms with Crippen molar-refractivity contribution >= 4 is 60.0 Å². The maximum absolute atomic E-state index is 15.6. The van der Waals surface area contributed by atoms with E-state index in [9.17, 15) is 66.7 Å². The number of nitrogens with one attached hydrogen (secondary N) is 3. The van der Waals surface area contributed by atoms with Crippen LogP contribution in [0.3, 0.4) is 0 Å². The maximum Gasteiger partial charge on any atom is 0.435 e. The number of sulfone groups is 1. The van der Waals surface area contributed by atoms with Gasteiger partial charge >= 0.3 is 12.4 Å². The van der Waals surface area contributed by atoms with Gasteiger partial charge < -0.3 is 15.7 Å². The summed E-state index contributed by atoms with van der Waals surface area (Å²) in [6.07, 6.45) is -10.4. The second kappa shape index (κ2) is 18.5. The molecule has 0 saturated heterocycles. The van der Waals surface area contributed by atoms with E-state index in [0.29, 0.717) is 10.7 Å². The molecule has 3 heterocycles. The molecular formula is C44H41ClF10N8O7S2. The average Bonchev–Trinajstić information content (AvgIpc) is 3.74. The molecule has 5 aromatic rings. The molecule has 2 aromatic carbocycles. The van der Waals surface area contributed by atoms with Crippen molar-refractivity contribution in [2.75, 3.05) is 23.3 Å². The summed E-state index contributed by atoms with van der Waals surface area (Å²) in [7, 11) is -8.73. The molecule has 4 N–H and O–H groups in total. The van der Waals surface area contributed by atoms with E-state index in [1.807, 2.05) is 4.72 Å². The number of alkyl halides is 8. The zero-order valence-corrected chi connectivity index (χ0v) is 40.5. The van der Waals surface area contributed by atoms with Crippen LogP contribution in [0.5, 0.6) is 0 Å². The van der Waals surface area contributed by atoms with Crippen LogP contribution in [0.15, 0.2) is 42.5 Å². The first-order chi connectivity index (χ1) is 32.9. The highest BCUT2D eigenvalue weighted by molar-refractivity contribution is 7.93. The summed E-state index contributed by atoms with van der Waals surface area (Å²) in [5.74, 6) is -8.31. The van der Waals surface area contributed by atoms with Crippen LogP contribution in [0.2, 0.25) is 5.02 Å². The lowest BCUT2D eigenvalue weighted by atomic mass is 9.93. The van der Waals surface area contributed by atoms with Crippen LogP contribution in [-0.4, -0.2) is 93.4 Å². The van der Waals surface area contributed by atoms with Crippen molar-refractivity contribution in [3.8, 4) is 23.0 Å². The highest BCUT2D eigenvalue weighted by Gasteiger charge is 2.68. The van der Waals surface area contributed by atoms with Gasteiger partial charge in [-0.1, -0.05) is 23.6 Å². The zero-order chi connectivity index (χ0) is 53.5. The topological polar surface area (TPSA) is 207 Å². The summed E-state index contributed by atoms with van der Waals surface area (Å²) < 4.78 is 199. The predicted molar refractivity (Wildman–Crippen MR) is 239 cm³/mol. The molecular weight excluding hydrogens is 1040 g/mol. The highest BCUT2D eigenvalue weighted by Crippen LogP contribution is 2.68. The van der Waals surface area contributed by atoms with E-state index < -0.39 is 166 Å². The molecule has 1 fully saturated rings. The van der Waals surface area contributed by atoms with Crippen LogP contribution >= 0.6 is 11.6 Å². The summed E-state index contributed by atoms with van der Waals surface area (Å²) in [6, 6.07) is 4.88. The number of anilines is 1. The molecule has 0 unspecified atom stereocenters. The van der Waals surface area contributed by atoms with Gasteiger partial charge in [0, 0.05) is 41.5 Å². The minimum absolute atomic E-state index is 0.195. The number of halogens is 11. The first-order valence-corrected chi connectivity index (χ1v) is 25.2. The van der Waals surface area contributed by atoms with Gasteiger partial charge in [-0.25, -0.2) is 30.6 Å². The number of nitrogens with zero attached hydrogens (tertiary/aromatic N) is 5. The number of aromatic nitrogens is 5. The number of aliphatic hydroxyl groups is 1. The number of amides is 2. The Bertz CT molecular complexity index is 3300. The molecule has 0 radical (unpaired) electrons. The Kier molecular flexibility index (Phi) is 13.8. The molecule has 0 spiro atoms. The second-order valence-corrected chi connectivity index (χ2v) is 23.2. The number of carbonyl (C=O) groups is 2. The number of hydrogen-bond donors (Lipinski definition) is 4. The van der Waals surface area contributed by atoms with Gasteiger partial charge in [-0.05, 0) is 88.3 Å². The summed E-state index contributed by atoms with van der Waals surface area (Å²) >= 11 is 6.55. The third kappa shape index (κ3) is 11.6. The van der Waals surface area contributed by atoms with Gasteiger partial charge in [0.2, 0.25) is 21.8 Å². The summed E-state index contributed by atoms with van der Waals surface area (Å²) in [6.45, 7) is 1.48. The Hall–Kier alpha value is -5.98. The lowest BCUT2D eigenvalue weighted by Gasteiger charge is -2.23. The Labute approximate surface area is 408 Å². The summed E-state index contributed by atoms with van der Waals surface area (Å²) in [5.41, 5.74) is -7.17. The quantitative estimate of drug-likeness (QED) is 0.0629. The molecule has 7 rings (SSSR count). The van der Waals surface area contributed by atoms with Gasteiger partial charge in [-0.3, -0.25) is 23.7 Å². The van der Waals surface area contributed by atoms with E-state index in [2.05, 4.69) is 37.7 Å². The molecule has 0 bridgehead atoms. The van der Waals surface area contributed by atoms with Crippen molar-refractivity contribution in [1.82, 2.24) is 35.2 Å². The van der Waals surface area contributed by atoms with E-state index in [4.69, 9.17) is 11.6 Å². The number of fused-ring (bicyclic) bond motifs is 4. The molecule has 2 aliphatic carbocycles. The van der Waals surface area contributed by atoms with E-state index in [-0.39, 0.29) is 33.5 Å². The first-order valence-electron chi connectivity index (χ1n) is 21.2. The van der Waals surface area contributed by atoms with Gasteiger partial charge in [-0.15, -0.1) is 0 Å². The fraction of sp³-hybridized carbons (Fsp3) is 0.432. The number of carbonyl (C=O) groups excluding carboxylic acids is 2. The Morgan fingerprint density at radius 2 is 1.57 bits per heavy atom. The van der Waals surface area contributed by atoms with E-state index in [1.165, 1.54) is 33.8 Å². The standard InChI is InChI=1S/C44H41ClF10N8O7S2/c1-40(2,66)19-56-32(65)18-72(69,70)61-39-34-29(45)9-8-26(36(34)63(60-39)20-42(48,49)50)25-7-6-24(10-11-41(3,4)71(5,67)68)57-35(25)30(14-21-12-22(46)15-23(47)13-21)58-31(64)17-62-38-33(37(59-62)44(53,54)55)27-16-28(27)43(38,51)52/h6-9,12-13,15,27-28,30,66H,14,16-20H2,1-5H3,(H,56,65)(H,58,64)(H,60,61)/t27-,28+,30-/m0/s1. The molecule has 15 nitrogen and oxygen atoms in total.